The highest BCUT2D eigenvalue weighted by Crippen LogP contribution is 2.61. The molecule has 1 heteroatoms. The van der Waals surface area contributed by atoms with E-state index in [0.29, 0.717) is 0 Å². The van der Waals surface area contributed by atoms with Crippen LogP contribution in [0.5, 0.6) is 0 Å². The SMILES string of the molecule is CC1(C)CCC(C)(C)c2c(-c3cc4c(cc3N(c3ccc5c(c3)C(C)(C)c3ccccc3-5)c3ccc5ccccc5c3)C(c3ccccc3)(c3ccccc3)c3ccccc3-4)cccc21. The summed E-state index contributed by atoms with van der Waals surface area (Å²) < 4.78 is 0. The van der Waals surface area contributed by atoms with Crippen LogP contribution in [0.2, 0.25) is 0 Å². The van der Waals surface area contributed by atoms with E-state index in [2.05, 4.69) is 247 Å². The van der Waals surface area contributed by atoms with Gasteiger partial charge in [-0.1, -0.05) is 205 Å². The number of hydrogen-bond donors (Lipinski definition) is 0. The Balaban J connectivity index is 1.24. The van der Waals surface area contributed by atoms with Gasteiger partial charge in [-0.05, 0) is 143 Å². The molecule has 0 aliphatic heterocycles. The van der Waals surface area contributed by atoms with Crippen molar-refractivity contribution < 1.29 is 0 Å². The van der Waals surface area contributed by atoms with Crippen LogP contribution < -0.4 is 4.90 Å². The van der Waals surface area contributed by atoms with Crippen molar-refractivity contribution in [2.45, 2.75) is 76.0 Å². The molecule has 0 fully saturated rings. The average Bonchev–Trinajstić information content (AvgIpc) is 3.75. The second-order valence-corrected chi connectivity index (χ2v) is 20.7. The van der Waals surface area contributed by atoms with Crippen LogP contribution in [0, 0.1) is 0 Å². The molecule has 0 radical (unpaired) electrons. The lowest BCUT2D eigenvalue weighted by atomic mass is 9.61. The minimum absolute atomic E-state index is 0.0232. The van der Waals surface area contributed by atoms with Crippen molar-refractivity contribution >= 4 is 27.8 Å². The number of nitrogens with zero attached hydrogens (tertiary/aromatic N) is 1. The van der Waals surface area contributed by atoms with Gasteiger partial charge in [-0.25, -0.2) is 0 Å². The zero-order valence-corrected chi connectivity index (χ0v) is 38.4. The Kier molecular flexibility index (Phi) is 8.70. The summed E-state index contributed by atoms with van der Waals surface area (Å²) in [7, 11) is 0. The first-order chi connectivity index (χ1) is 31.5. The molecule has 12 rings (SSSR count). The molecule has 0 saturated heterocycles. The third-order valence-electron chi connectivity index (χ3n) is 15.8. The second-order valence-electron chi connectivity index (χ2n) is 20.7. The Morgan fingerprint density at radius 2 is 0.877 bits per heavy atom. The van der Waals surface area contributed by atoms with Crippen molar-refractivity contribution in [3.05, 3.63) is 245 Å². The van der Waals surface area contributed by atoms with Gasteiger partial charge in [0.25, 0.3) is 0 Å². The summed E-state index contributed by atoms with van der Waals surface area (Å²) in [5.41, 5.74) is 21.5. The maximum absolute atomic E-state index is 2.60. The van der Waals surface area contributed by atoms with E-state index in [1.165, 1.54) is 94.3 Å². The molecule has 9 aromatic rings. The molecular formula is C64H55N. The van der Waals surface area contributed by atoms with Gasteiger partial charge >= 0.3 is 0 Å². The third kappa shape index (κ3) is 5.77. The number of hydrogen-bond acceptors (Lipinski definition) is 1. The molecule has 1 nitrogen and oxygen atoms in total. The topological polar surface area (TPSA) is 3.24 Å². The monoisotopic (exact) mass is 837 g/mol. The lowest BCUT2D eigenvalue weighted by molar-refractivity contribution is 0.333. The van der Waals surface area contributed by atoms with Crippen LogP contribution in [-0.4, -0.2) is 0 Å². The van der Waals surface area contributed by atoms with Gasteiger partial charge in [0.2, 0.25) is 0 Å². The quantitative estimate of drug-likeness (QED) is 0.161. The maximum Gasteiger partial charge on any atom is 0.0714 e. The number of fused-ring (bicyclic) bond motifs is 8. The standard InChI is InChI=1S/C64H55N/c1-61(2)36-37-62(3,4)60-51(28-19-31-56(60)61)53-40-52-49-27-16-18-30-55(49)64(44-22-9-7-10-23-44,45-24-11-8-12-25-45)58(52)41-59(53)65(46-33-32-42-20-13-14-21-43(42)38-46)47-34-35-50-48-26-15-17-29-54(48)63(5,6)57(50)39-47/h7-35,38-41H,36-37H2,1-6H3. The first-order valence-electron chi connectivity index (χ1n) is 23.6. The van der Waals surface area contributed by atoms with Gasteiger partial charge in [-0.3, -0.25) is 0 Å². The van der Waals surface area contributed by atoms with E-state index in [9.17, 15) is 0 Å². The van der Waals surface area contributed by atoms with E-state index < -0.39 is 5.41 Å². The first-order valence-corrected chi connectivity index (χ1v) is 23.6. The lowest BCUT2D eigenvalue weighted by Crippen LogP contribution is -2.34. The van der Waals surface area contributed by atoms with E-state index >= 15 is 0 Å². The Bertz CT molecular complexity index is 3310. The van der Waals surface area contributed by atoms with E-state index in [4.69, 9.17) is 0 Å². The van der Waals surface area contributed by atoms with Crippen molar-refractivity contribution in [3.63, 3.8) is 0 Å². The van der Waals surface area contributed by atoms with Crippen LogP contribution in [0.4, 0.5) is 17.1 Å². The second kappa shape index (κ2) is 14.3. The molecule has 0 atom stereocenters. The molecule has 0 saturated carbocycles. The molecule has 9 aromatic carbocycles. The van der Waals surface area contributed by atoms with Gasteiger partial charge in [-0.2, -0.15) is 0 Å². The minimum atomic E-state index is -0.560. The summed E-state index contributed by atoms with van der Waals surface area (Å²) in [4.78, 5) is 2.60. The highest BCUT2D eigenvalue weighted by molar-refractivity contribution is 5.99. The molecule has 0 N–H and O–H groups in total. The fraction of sp³-hybridized carbons (Fsp3) is 0.188. The first kappa shape index (κ1) is 39.6. The Hall–Kier alpha value is -6.96. The van der Waals surface area contributed by atoms with E-state index in [1.54, 1.807) is 0 Å². The summed E-state index contributed by atoms with van der Waals surface area (Å²) in [5.74, 6) is 0. The molecule has 0 aromatic heterocycles. The average molecular weight is 838 g/mol. The largest absolute Gasteiger partial charge is 0.310 e. The molecule has 65 heavy (non-hydrogen) atoms. The van der Waals surface area contributed by atoms with E-state index in [-0.39, 0.29) is 16.2 Å². The molecule has 0 unspecified atom stereocenters. The molecule has 3 aliphatic rings. The molecule has 3 aliphatic carbocycles. The fourth-order valence-corrected chi connectivity index (χ4v) is 12.4. The highest BCUT2D eigenvalue weighted by atomic mass is 15.1. The van der Waals surface area contributed by atoms with Crippen molar-refractivity contribution in [3.8, 4) is 33.4 Å². The molecule has 0 spiro atoms. The van der Waals surface area contributed by atoms with Gasteiger partial charge in [0.15, 0.2) is 0 Å². The van der Waals surface area contributed by atoms with Gasteiger partial charge in [-0.15, -0.1) is 0 Å². The summed E-state index contributed by atoms with van der Waals surface area (Å²) in [6.07, 6.45) is 2.29. The van der Waals surface area contributed by atoms with Crippen LogP contribution in [0.1, 0.15) is 98.9 Å². The van der Waals surface area contributed by atoms with Crippen LogP contribution in [-0.2, 0) is 21.7 Å². The smallest absolute Gasteiger partial charge is 0.0714 e. The molecule has 316 valence electrons. The van der Waals surface area contributed by atoms with Crippen LogP contribution >= 0.6 is 0 Å². The molecule has 0 bridgehead atoms. The van der Waals surface area contributed by atoms with Gasteiger partial charge < -0.3 is 4.90 Å². The number of rotatable bonds is 6. The van der Waals surface area contributed by atoms with E-state index in [1.807, 2.05) is 0 Å². The third-order valence-corrected chi connectivity index (χ3v) is 15.8. The number of benzene rings is 9. The normalized spacial score (nSPS) is 16.5. The van der Waals surface area contributed by atoms with Gasteiger partial charge in [0.1, 0.15) is 0 Å². The van der Waals surface area contributed by atoms with Crippen molar-refractivity contribution in [2.24, 2.45) is 0 Å². The van der Waals surface area contributed by atoms with Gasteiger partial charge in [0, 0.05) is 22.4 Å². The summed E-state index contributed by atoms with van der Waals surface area (Å²) in [5, 5.41) is 2.46. The minimum Gasteiger partial charge on any atom is -0.310 e. The summed E-state index contributed by atoms with van der Waals surface area (Å²) >= 11 is 0. The summed E-state index contributed by atoms with van der Waals surface area (Å²) in [6, 6.07) is 76.2. The van der Waals surface area contributed by atoms with Crippen molar-refractivity contribution in [2.75, 3.05) is 4.90 Å². The highest BCUT2D eigenvalue weighted by Gasteiger charge is 2.48. The van der Waals surface area contributed by atoms with Crippen LogP contribution in [0.15, 0.2) is 200 Å². The van der Waals surface area contributed by atoms with E-state index in [0.717, 1.165) is 24.2 Å². The summed E-state index contributed by atoms with van der Waals surface area (Å²) in [6.45, 7) is 14.6. The zero-order chi connectivity index (χ0) is 44.3. The molecular weight excluding hydrogens is 783 g/mol. The Morgan fingerprint density at radius 3 is 1.60 bits per heavy atom. The predicted molar refractivity (Wildman–Crippen MR) is 274 cm³/mol. The Morgan fingerprint density at radius 1 is 0.338 bits per heavy atom. The van der Waals surface area contributed by atoms with Crippen molar-refractivity contribution in [1.29, 1.82) is 0 Å². The predicted octanol–water partition coefficient (Wildman–Crippen LogP) is 17.0. The lowest BCUT2D eigenvalue weighted by Gasteiger charge is -2.43. The molecule has 0 amide bonds. The maximum atomic E-state index is 2.60. The zero-order valence-electron chi connectivity index (χ0n) is 38.4. The van der Waals surface area contributed by atoms with Crippen LogP contribution in [0.25, 0.3) is 44.2 Å². The molecule has 0 heterocycles. The Labute approximate surface area is 385 Å². The number of anilines is 3. The van der Waals surface area contributed by atoms with Crippen LogP contribution in [0.3, 0.4) is 0 Å². The fourth-order valence-electron chi connectivity index (χ4n) is 12.4. The van der Waals surface area contributed by atoms with Gasteiger partial charge in [0.05, 0.1) is 11.1 Å². The van der Waals surface area contributed by atoms with Crippen molar-refractivity contribution in [1.82, 2.24) is 0 Å².